The number of rotatable bonds is 6. The summed E-state index contributed by atoms with van der Waals surface area (Å²) in [7, 11) is 0. The van der Waals surface area contributed by atoms with Crippen LogP contribution in [0.3, 0.4) is 0 Å². The monoisotopic (exact) mass is 500 g/mol. The summed E-state index contributed by atoms with van der Waals surface area (Å²) in [5, 5.41) is 0.665. The molecular formula is C25H22Cl2N2O3S. The molecule has 2 aromatic carbocycles. The number of amides is 2. The molecule has 1 aliphatic heterocycles. The van der Waals surface area contributed by atoms with Crippen molar-refractivity contribution >= 4 is 52.2 Å². The summed E-state index contributed by atoms with van der Waals surface area (Å²) in [6.07, 6.45) is 1.77. The molecule has 33 heavy (non-hydrogen) atoms. The van der Waals surface area contributed by atoms with Crippen molar-refractivity contribution in [2.45, 2.75) is 20.8 Å². The zero-order chi connectivity index (χ0) is 23.7. The molecule has 1 aliphatic rings. The summed E-state index contributed by atoms with van der Waals surface area (Å²) < 4.78 is 7.74. The Balaban J connectivity index is 1.51. The summed E-state index contributed by atoms with van der Waals surface area (Å²) in [5.74, 6) is 0.407. The molecule has 1 saturated heterocycles. The fourth-order valence-electron chi connectivity index (χ4n) is 3.75. The van der Waals surface area contributed by atoms with E-state index in [-0.39, 0.29) is 24.3 Å². The van der Waals surface area contributed by atoms with Gasteiger partial charge in [0.15, 0.2) is 0 Å². The van der Waals surface area contributed by atoms with E-state index in [0.29, 0.717) is 20.7 Å². The highest BCUT2D eigenvalue weighted by Crippen LogP contribution is 2.34. The van der Waals surface area contributed by atoms with Gasteiger partial charge in [-0.25, -0.2) is 0 Å². The lowest BCUT2D eigenvalue weighted by Gasteiger charge is -2.13. The fraction of sp³-hybridized carbons (Fsp3) is 0.200. The van der Waals surface area contributed by atoms with Crippen molar-refractivity contribution in [2.75, 3.05) is 13.2 Å². The summed E-state index contributed by atoms with van der Waals surface area (Å²) in [6, 6.07) is 15.1. The standard InChI is InChI=1S/C25H22Cl2N2O3S/c1-15-5-4-6-20(11-15)32-10-9-28-24(30)23(33-25(28)31)13-18-12-16(2)29(17(18)3)19-7-8-21(26)22(27)14-19/h4-8,11-14H,9-10H2,1-3H3/b23-13-. The van der Waals surface area contributed by atoms with E-state index in [0.717, 1.165) is 40.0 Å². The number of hydrogen-bond acceptors (Lipinski definition) is 4. The summed E-state index contributed by atoms with van der Waals surface area (Å²) in [6.45, 7) is 6.34. The van der Waals surface area contributed by atoms with Gasteiger partial charge >= 0.3 is 0 Å². The van der Waals surface area contributed by atoms with Crippen LogP contribution in [0.1, 0.15) is 22.5 Å². The van der Waals surface area contributed by atoms with Crippen LogP contribution in [0.25, 0.3) is 11.8 Å². The lowest BCUT2D eigenvalue weighted by Crippen LogP contribution is -2.32. The Morgan fingerprint density at radius 3 is 2.52 bits per heavy atom. The second kappa shape index (κ2) is 9.67. The van der Waals surface area contributed by atoms with Gasteiger partial charge in [-0.05, 0) is 86.1 Å². The summed E-state index contributed by atoms with van der Waals surface area (Å²) in [5.41, 5.74) is 4.73. The molecule has 4 rings (SSSR count). The predicted octanol–water partition coefficient (Wildman–Crippen LogP) is 6.82. The fourth-order valence-corrected chi connectivity index (χ4v) is 4.90. The van der Waals surface area contributed by atoms with Crippen LogP contribution in [-0.4, -0.2) is 33.8 Å². The van der Waals surface area contributed by atoms with Gasteiger partial charge in [-0.2, -0.15) is 0 Å². The maximum atomic E-state index is 12.9. The van der Waals surface area contributed by atoms with E-state index in [1.54, 1.807) is 18.2 Å². The van der Waals surface area contributed by atoms with Gasteiger partial charge in [0.2, 0.25) is 0 Å². The van der Waals surface area contributed by atoms with E-state index in [1.807, 2.05) is 61.7 Å². The van der Waals surface area contributed by atoms with Gasteiger partial charge in [-0.15, -0.1) is 0 Å². The number of ether oxygens (including phenoxy) is 1. The molecular weight excluding hydrogens is 479 g/mol. The number of nitrogens with zero attached hydrogens (tertiary/aromatic N) is 2. The first-order chi connectivity index (χ1) is 15.7. The number of carbonyl (C=O) groups is 2. The van der Waals surface area contributed by atoms with Crippen molar-refractivity contribution in [1.82, 2.24) is 9.47 Å². The Bertz CT molecular complexity index is 1280. The largest absolute Gasteiger partial charge is 0.492 e. The van der Waals surface area contributed by atoms with Crippen LogP contribution in [0.5, 0.6) is 5.75 Å². The SMILES string of the molecule is Cc1cccc(OCCN2C(=O)S/C(=C\c3cc(C)n(-c4ccc(Cl)c(Cl)c4)c3C)C2=O)c1. The summed E-state index contributed by atoms with van der Waals surface area (Å²) in [4.78, 5) is 27.0. The maximum absolute atomic E-state index is 12.9. The number of carbonyl (C=O) groups excluding carboxylic acids is 2. The van der Waals surface area contributed by atoms with E-state index in [4.69, 9.17) is 27.9 Å². The van der Waals surface area contributed by atoms with E-state index in [9.17, 15) is 9.59 Å². The van der Waals surface area contributed by atoms with Gasteiger partial charge in [0.1, 0.15) is 12.4 Å². The molecule has 0 radical (unpaired) electrons. The van der Waals surface area contributed by atoms with Gasteiger partial charge in [0.25, 0.3) is 11.1 Å². The number of benzene rings is 2. The zero-order valence-corrected chi connectivity index (χ0v) is 20.7. The number of thioether (sulfide) groups is 1. The van der Waals surface area contributed by atoms with Crippen molar-refractivity contribution in [1.29, 1.82) is 0 Å². The van der Waals surface area contributed by atoms with Gasteiger partial charge in [0, 0.05) is 17.1 Å². The van der Waals surface area contributed by atoms with E-state index in [2.05, 4.69) is 0 Å². The summed E-state index contributed by atoms with van der Waals surface area (Å²) >= 11 is 13.2. The Morgan fingerprint density at radius 1 is 1.00 bits per heavy atom. The molecule has 0 spiro atoms. The van der Waals surface area contributed by atoms with Crippen LogP contribution in [-0.2, 0) is 4.79 Å². The molecule has 0 unspecified atom stereocenters. The van der Waals surface area contributed by atoms with E-state index < -0.39 is 0 Å². The molecule has 8 heteroatoms. The van der Waals surface area contributed by atoms with E-state index in [1.165, 1.54) is 4.90 Å². The van der Waals surface area contributed by atoms with Crippen molar-refractivity contribution in [3.8, 4) is 11.4 Å². The van der Waals surface area contributed by atoms with Crippen molar-refractivity contribution in [3.63, 3.8) is 0 Å². The Labute approximate surface area is 206 Å². The number of aromatic nitrogens is 1. The molecule has 0 atom stereocenters. The van der Waals surface area contributed by atoms with Gasteiger partial charge in [-0.1, -0.05) is 35.3 Å². The quantitative estimate of drug-likeness (QED) is 0.348. The third-order valence-electron chi connectivity index (χ3n) is 5.37. The molecule has 0 aliphatic carbocycles. The second-order valence-electron chi connectivity index (χ2n) is 7.76. The average Bonchev–Trinajstić information content (AvgIpc) is 3.19. The number of imide groups is 1. The average molecular weight is 501 g/mol. The second-order valence-corrected chi connectivity index (χ2v) is 9.57. The van der Waals surface area contributed by atoms with E-state index >= 15 is 0 Å². The van der Waals surface area contributed by atoms with Gasteiger partial charge < -0.3 is 9.30 Å². The minimum absolute atomic E-state index is 0.193. The van der Waals surface area contributed by atoms with Crippen molar-refractivity contribution < 1.29 is 14.3 Å². The lowest BCUT2D eigenvalue weighted by atomic mass is 10.2. The zero-order valence-electron chi connectivity index (χ0n) is 18.4. The molecule has 1 aromatic heterocycles. The van der Waals surface area contributed by atoms with Crippen LogP contribution in [0.4, 0.5) is 4.79 Å². The number of aryl methyl sites for hydroxylation is 2. The van der Waals surface area contributed by atoms with Gasteiger partial charge in [0.05, 0.1) is 21.5 Å². The minimum atomic E-state index is -0.308. The molecule has 2 heterocycles. The third kappa shape index (κ3) is 4.98. The number of hydrogen-bond donors (Lipinski definition) is 0. The Morgan fingerprint density at radius 2 is 1.79 bits per heavy atom. The normalized spacial score (nSPS) is 15.1. The maximum Gasteiger partial charge on any atom is 0.293 e. The van der Waals surface area contributed by atoms with Gasteiger partial charge in [-0.3, -0.25) is 14.5 Å². The lowest BCUT2D eigenvalue weighted by molar-refractivity contribution is -0.123. The highest BCUT2D eigenvalue weighted by Gasteiger charge is 2.35. The molecule has 0 bridgehead atoms. The molecule has 0 N–H and O–H groups in total. The third-order valence-corrected chi connectivity index (χ3v) is 7.01. The molecule has 5 nitrogen and oxygen atoms in total. The molecule has 1 fully saturated rings. The molecule has 0 saturated carbocycles. The van der Waals surface area contributed by atoms with Crippen LogP contribution >= 0.6 is 35.0 Å². The van der Waals surface area contributed by atoms with Crippen LogP contribution in [0.2, 0.25) is 10.0 Å². The minimum Gasteiger partial charge on any atom is -0.492 e. The van der Waals surface area contributed by atoms with Crippen LogP contribution in [0.15, 0.2) is 53.4 Å². The first-order valence-corrected chi connectivity index (χ1v) is 11.9. The van der Waals surface area contributed by atoms with Crippen LogP contribution in [0, 0.1) is 20.8 Å². The van der Waals surface area contributed by atoms with Crippen LogP contribution < -0.4 is 4.74 Å². The van der Waals surface area contributed by atoms with Crippen molar-refractivity contribution in [3.05, 3.63) is 86.0 Å². The topological polar surface area (TPSA) is 51.5 Å². The smallest absolute Gasteiger partial charge is 0.293 e. The first-order valence-electron chi connectivity index (χ1n) is 10.3. The highest BCUT2D eigenvalue weighted by atomic mass is 35.5. The Hall–Kier alpha value is -2.67. The molecule has 2 amide bonds. The number of halogens is 2. The first kappa shape index (κ1) is 23.5. The predicted molar refractivity (Wildman–Crippen MR) is 135 cm³/mol. The highest BCUT2D eigenvalue weighted by molar-refractivity contribution is 8.18. The van der Waals surface area contributed by atoms with Crippen molar-refractivity contribution in [2.24, 2.45) is 0 Å². The Kier molecular flexibility index (Phi) is 6.88. The molecule has 3 aromatic rings. The molecule has 170 valence electrons.